The quantitative estimate of drug-likeness (QED) is 0.769. The number of rotatable bonds is 4. The molecule has 1 saturated carbocycles. The molecule has 0 saturated heterocycles. The maximum atomic E-state index is 11.8. The van der Waals surface area contributed by atoms with Crippen molar-refractivity contribution in [2.45, 2.75) is 52.5 Å². The Hall–Kier alpha value is -0.570. The summed E-state index contributed by atoms with van der Waals surface area (Å²) in [5.74, 6) is 1.42. The molecule has 3 atom stereocenters. The van der Waals surface area contributed by atoms with Crippen LogP contribution in [0.5, 0.6) is 0 Å². The average molecular weight is 226 g/mol. The Morgan fingerprint density at radius 3 is 2.56 bits per heavy atom. The van der Waals surface area contributed by atoms with Crippen molar-refractivity contribution >= 4 is 5.91 Å². The van der Waals surface area contributed by atoms with Gasteiger partial charge in [-0.15, -0.1) is 0 Å². The van der Waals surface area contributed by atoms with E-state index in [1.165, 1.54) is 0 Å². The zero-order valence-electron chi connectivity index (χ0n) is 11.0. The molecule has 1 aliphatic rings. The number of carbonyl (C=O) groups excluding carboxylic acids is 1. The Morgan fingerprint density at radius 1 is 1.50 bits per heavy atom. The summed E-state index contributed by atoms with van der Waals surface area (Å²) in [5, 5.41) is 3.43. The fraction of sp³-hybridized carbons (Fsp3) is 0.923. The lowest BCUT2D eigenvalue weighted by Gasteiger charge is -2.43. The minimum absolute atomic E-state index is 0.174. The van der Waals surface area contributed by atoms with E-state index in [2.05, 4.69) is 33.0 Å². The summed E-state index contributed by atoms with van der Waals surface area (Å²) in [6.07, 6.45) is 3.07. The number of hydrogen-bond donors (Lipinski definition) is 2. The largest absolute Gasteiger partial charge is 0.368 e. The first-order valence-corrected chi connectivity index (χ1v) is 6.43. The molecule has 3 nitrogen and oxygen atoms in total. The molecule has 1 amide bonds. The summed E-state index contributed by atoms with van der Waals surface area (Å²) in [6, 6.07) is 0. The molecule has 3 N–H and O–H groups in total. The van der Waals surface area contributed by atoms with Crippen molar-refractivity contribution in [2.75, 3.05) is 6.54 Å². The Kier molecular flexibility index (Phi) is 4.36. The molecule has 0 bridgehead atoms. The van der Waals surface area contributed by atoms with Crippen LogP contribution in [0.4, 0.5) is 0 Å². The molecule has 16 heavy (non-hydrogen) atoms. The van der Waals surface area contributed by atoms with Crippen molar-refractivity contribution in [3.8, 4) is 0 Å². The highest BCUT2D eigenvalue weighted by Crippen LogP contribution is 2.36. The van der Waals surface area contributed by atoms with E-state index in [0.29, 0.717) is 17.8 Å². The maximum Gasteiger partial charge on any atom is 0.238 e. The predicted molar refractivity (Wildman–Crippen MR) is 66.9 cm³/mol. The second-order valence-electron chi connectivity index (χ2n) is 5.89. The van der Waals surface area contributed by atoms with E-state index in [1.54, 1.807) is 0 Å². The average Bonchev–Trinajstić information content (AvgIpc) is 2.16. The zero-order chi connectivity index (χ0) is 12.3. The van der Waals surface area contributed by atoms with Gasteiger partial charge in [-0.1, -0.05) is 27.7 Å². The normalized spacial score (nSPS) is 35.3. The van der Waals surface area contributed by atoms with Gasteiger partial charge in [0, 0.05) is 0 Å². The third-order valence-corrected chi connectivity index (χ3v) is 3.89. The molecule has 0 aromatic carbocycles. The molecular weight excluding hydrogens is 200 g/mol. The van der Waals surface area contributed by atoms with E-state index in [4.69, 9.17) is 5.73 Å². The molecule has 0 spiro atoms. The summed E-state index contributed by atoms with van der Waals surface area (Å²) in [7, 11) is 0. The standard InChI is InChI=1S/C13H26N2O/c1-9(2)8-15-13(12(14)16)6-5-10(3)7-11(13)4/h9-11,15H,5-8H2,1-4H3,(H2,14,16). The molecule has 0 aliphatic heterocycles. The fourth-order valence-electron chi connectivity index (χ4n) is 2.75. The van der Waals surface area contributed by atoms with Gasteiger partial charge in [0.25, 0.3) is 0 Å². The van der Waals surface area contributed by atoms with Crippen molar-refractivity contribution in [3.63, 3.8) is 0 Å². The Balaban J connectivity index is 2.75. The monoisotopic (exact) mass is 226 g/mol. The number of primary amides is 1. The topological polar surface area (TPSA) is 55.1 Å². The number of hydrogen-bond acceptors (Lipinski definition) is 2. The summed E-state index contributed by atoms with van der Waals surface area (Å²) >= 11 is 0. The predicted octanol–water partition coefficient (Wildman–Crippen LogP) is 1.91. The van der Waals surface area contributed by atoms with Gasteiger partial charge in [0.1, 0.15) is 5.54 Å². The highest BCUT2D eigenvalue weighted by molar-refractivity contribution is 5.85. The minimum atomic E-state index is -0.462. The van der Waals surface area contributed by atoms with Crippen LogP contribution in [0, 0.1) is 17.8 Å². The smallest absolute Gasteiger partial charge is 0.238 e. The van der Waals surface area contributed by atoms with Crippen molar-refractivity contribution < 1.29 is 4.79 Å². The van der Waals surface area contributed by atoms with Gasteiger partial charge in [-0.3, -0.25) is 4.79 Å². The molecule has 0 aromatic heterocycles. The van der Waals surface area contributed by atoms with E-state index < -0.39 is 5.54 Å². The third kappa shape index (κ3) is 2.76. The molecule has 0 heterocycles. The van der Waals surface area contributed by atoms with Gasteiger partial charge < -0.3 is 11.1 Å². The molecule has 1 rings (SSSR count). The van der Waals surface area contributed by atoms with Gasteiger partial charge in [-0.2, -0.15) is 0 Å². The van der Waals surface area contributed by atoms with E-state index in [-0.39, 0.29) is 5.91 Å². The molecule has 0 aromatic rings. The molecular formula is C13H26N2O. The number of nitrogens with two attached hydrogens (primary N) is 1. The first-order chi connectivity index (χ1) is 7.38. The van der Waals surface area contributed by atoms with E-state index in [9.17, 15) is 4.79 Å². The first-order valence-electron chi connectivity index (χ1n) is 6.43. The summed E-state index contributed by atoms with van der Waals surface area (Å²) in [4.78, 5) is 11.8. The molecule has 1 aliphatic carbocycles. The van der Waals surface area contributed by atoms with Gasteiger partial charge in [0.15, 0.2) is 0 Å². The van der Waals surface area contributed by atoms with Crippen LogP contribution in [0.25, 0.3) is 0 Å². The lowest BCUT2D eigenvalue weighted by molar-refractivity contribution is -0.128. The number of carbonyl (C=O) groups is 1. The van der Waals surface area contributed by atoms with Crippen LogP contribution in [0.3, 0.4) is 0 Å². The van der Waals surface area contributed by atoms with Crippen molar-refractivity contribution in [1.29, 1.82) is 0 Å². The van der Waals surface area contributed by atoms with E-state index in [0.717, 1.165) is 25.8 Å². The summed E-state index contributed by atoms with van der Waals surface area (Å²) in [6.45, 7) is 9.56. The molecule has 94 valence electrons. The van der Waals surface area contributed by atoms with Crippen molar-refractivity contribution in [2.24, 2.45) is 23.5 Å². The van der Waals surface area contributed by atoms with Gasteiger partial charge in [-0.05, 0) is 43.6 Å². The lowest BCUT2D eigenvalue weighted by atomic mass is 9.69. The van der Waals surface area contributed by atoms with Gasteiger partial charge in [0.05, 0.1) is 0 Å². The van der Waals surface area contributed by atoms with Crippen LogP contribution in [0.2, 0.25) is 0 Å². The van der Waals surface area contributed by atoms with E-state index >= 15 is 0 Å². The number of nitrogens with one attached hydrogen (secondary N) is 1. The molecule has 0 radical (unpaired) electrons. The van der Waals surface area contributed by atoms with Gasteiger partial charge in [0.2, 0.25) is 5.91 Å². The Labute approximate surface area is 99.2 Å². The maximum absolute atomic E-state index is 11.8. The van der Waals surface area contributed by atoms with Gasteiger partial charge in [-0.25, -0.2) is 0 Å². The Morgan fingerprint density at radius 2 is 2.12 bits per heavy atom. The molecule has 3 unspecified atom stereocenters. The number of amides is 1. The third-order valence-electron chi connectivity index (χ3n) is 3.89. The molecule has 3 heteroatoms. The van der Waals surface area contributed by atoms with Gasteiger partial charge >= 0.3 is 0 Å². The van der Waals surface area contributed by atoms with Crippen molar-refractivity contribution in [3.05, 3.63) is 0 Å². The molecule has 1 fully saturated rings. The Bertz CT molecular complexity index is 252. The van der Waals surface area contributed by atoms with Crippen LogP contribution in [-0.4, -0.2) is 18.0 Å². The second-order valence-corrected chi connectivity index (χ2v) is 5.89. The highest BCUT2D eigenvalue weighted by Gasteiger charge is 2.44. The highest BCUT2D eigenvalue weighted by atomic mass is 16.1. The minimum Gasteiger partial charge on any atom is -0.368 e. The summed E-state index contributed by atoms with van der Waals surface area (Å²) in [5.41, 5.74) is 5.16. The SMILES string of the molecule is CC(C)CNC1(C(N)=O)CCC(C)CC1C. The fourth-order valence-corrected chi connectivity index (χ4v) is 2.75. The summed E-state index contributed by atoms with van der Waals surface area (Å²) < 4.78 is 0. The first kappa shape index (κ1) is 13.5. The van der Waals surface area contributed by atoms with Crippen LogP contribution < -0.4 is 11.1 Å². The van der Waals surface area contributed by atoms with Crippen LogP contribution in [0.15, 0.2) is 0 Å². The van der Waals surface area contributed by atoms with Crippen LogP contribution >= 0.6 is 0 Å². The van der Waals surface area contributed by atoms with Crippen molar-refractivity contribution in [1.82, 2.24) is 5.32 Å². The van der Waals surface area contributed by atoms with Crippen LogP contribution in [0.1, 0.15) is 47.0 Å². The van der Waals surface area contributed by atoms with E-state index in [1.807, 2.05) is 0 Å². The van der Waals surface area contributed by atoms with Crippen LogP contribution in [-0.2, 0) is 4.79 Å². The second kappa shape index (κ2) is 5.17. The zero-order valence-corrected chi connectivity index (χ0v) is 11.0. The lowest BCUT2D eigenvalue weighted by Crippen LogP contribution is -2.62.